The van der Waals surface area contributed by atoms with Gasteiger partial charge in [0.25, 0.3) is 10.0 Å². The Morgan fingerprint density at radius 2 is 1.34 bits per heavy atom. The number of hydrogen-bond donors (Lipinski definition) is 0. The molecule has 0 saturated heterocycles. The molecule has 0 spiro atoms. The summed E-state index contributed by atoms with van der Waals surface area (Å²) in [6, 6.07) is 13.3. The van der Waals surface area contributed by atoms with Gasteiger partial charge in [-0.05, 0) is 83.4 Å². The second-order valence-electron chi connectivity index (χ2n) is 9.87. The Balaban J connectivity index is 2.33. The Morgan fingerprint density at radius 1 is 0.886 bits per heavy atom. The van der Waals surface area contributed by atoms with Crippen molar-refractivity contribution in [1.82, 2.24) is 4.31 Å². The Hall–Kier alpha value is -1.85. The standard InChI is InChI=1S/C25H31ClINO6S/c1-24(2,3)33-22(29)16-15-21(27)28(23(30)34-25(4,5)6)35(31,32)20-13-9-18(10-14-20)17-7-11-19(26)12-8-17/h7-14,21H,15-16H2,1-6H3. The molecule has 0 aliphatic heterocycles. The van der Waals surface area contributed by atoms with Crippen molar-refractivity contribution >= 4 is 56.3 Å². The number of hydrogen-bond acceptors (Lipinski definition) is 6. The highest BCUT2D eigenvalue weighted by Crippen LogP contribution is 2.29. The van der Waals surface area contributed by atoms with E-state index in [1.807, 2.05) is 34.7 Å². The van der Waals surface area contributed by atoms with Gasteiger partial charge in [-0.25, -0.2) is 13.2 Å². The van der Waals surface area contributed by atoms with E-state index in [0.717, 1.165) is 11.1 Å². The van der Waals surface area contributed by atoms with Crippen LogP contribution in [0.4, 0.5) is 4.79 Å². The molecule has 0 heterocycles. The fraction of sp³-hybridized carbons (Fsp3) is 0.440. The van der Waals surface area contributed by atoms with E-state index in [1.165, 1.54) is 12.1 Å². The third kappa shape index (κ3) is 8.95. The minimum Gasteiger partial charge on any atom is -0.460 e. The zero-order valence-corrected chi connectivity index (χ0v) is 24.4. The Bertz CT molecular complexity index is 1140. The lowest BCUT2D eigenvalue weighted by Crippen LogP contribution is -2.44. The Kier molecular flexibility index (Phi) is 9.63. The lowest BCUT2D eigenvalue weighted by atomic mass is 10.1. The Morgan fingerprint density at radius 3 is 1.80 bits per heavy atom. The van der Waals surface area contributed by atoms with Crippen molar-refractivity contribution in [2.75, 3.05) is 0 Å². The van der Waals surface area contributed by atoms with E-state index in [-0.39, 0.29) is 17.7 Å². The molecule has 0 aliphatic carbocycles. The third-order valence-corrected chi connectivity index (χ3v) is 8.02. The summed E-state index contributed by atoms with van der Waals surface area (Å²) in [4.78, 5) is 25.1. The summed E-state index contributed by atoms with van der Waals surface area (Å²) in [7, 11) is -4.28. The van der Waals surface area contributed by atoms with E-state index in [2.05, 4.69) is 0 Å². The number of sulfonamides is 1. The van der Waals surface area contributed by atoms with Gasteiger partial charge in [-0.1, -0.05) is 58.5 Å². The number of amides is 1. The third-order valence-electron chi connectivity index (χ3n) is 4.42. The lowest BCUT2D eigenvalue weighted by molar-refractivity contribution is -0.155. The molecule has 2 aromatic carbocycles. The summed E-state index contributed by atoms with van der Waals surface area (Å²) in [6.45, 7) is 10.2. The smallest absolute Gasteiger partial charge is 0.425 e. The van der Waals surface area contributed by atoms with Crippen LogP contribution in [0.15, 0.2) is 53.4 Å². The molecule has 1 unspecified atom stereocenters. The van der Waals surface area contributed by atoms with Gasteiger partial charge in [-0.3, -0.25) is 4.79 Å². The van der Waals surface area contributed by atoms with Crippen molar-refractivity contribution in [3.8, 4) is 11.1 Å². The van der Waals surface area contributed by atoms with E-state index in [1.54, 1.807) is 65.8 Å². The van der Waals surface area contributed by atoms with Gasteiger partial charge in [-0.2, -0.15) is 4.31 Å². The highest BCUT2D eigenvalue weighted by atomic mass is 127. The van der Waals surface area contributed by atoms with Gasteiger partial charge < -0.3 is 9.47 Å². The van der Waals surface area contributed by atoms with Crippen LogP contribution < -0.4 is 0 Å². The lowest BCUT2D eigenvalue weighted by Gasteiger charge is -2.30. The molecule has 2 aromatic rings. The minimum absolute atomic E-state index is 0.0603. The number of carbonyl (C=O) groups excluding carboxylic acids is 2. The first kappa shape index (κ1) is 29.4. The number of esters is 1. The number of nitrogens with zero attached hydrogens (tertiary/aromatic N) is 1. The van der Waals surface area contributed by atoms with Crippen LogP contribution >= 0.6 is 34.2 Å². The molecule has 2 rings (SSSR count). The van der Waals surface area contributed by atoms with Crippen molar-refractivity contribution in [3.63, 3.8) is 0 Å². The first-order valence-electron chi connectivity index (χ1n) is 11.0. The molecule has 0 aromatic heterocycles. The van der Waals surface area contributed by atoms with Crippen LogP contribution in [0.25, 0.3) is 11.1 Å². The highest BCUT2D eigenvalue weighted by molar-refractivity contribution is 14.1. The quantitative estimate of drug-likeness (QED) is 0.144. The van der Waals surface area contributed by atoms with E-state index >= 15 is 0 Å². The number of carbonyl (C=O) groups is 2. The molecule has 192 valence electrons. The summed E-state index contributed by atoms with van der Waals surface area (Å²) in [5.41, 5.74) is 0.0812. The van der Waals surface area contributed by atoms with Crippen molar-refractivity contribution in [2.24, 2.45) is 0 Å². The van der Waals surface area contributed by atoms with Crippen molar-refractivity contribution in [1.29, 1.82) is 0 Å². The van der Waals surface area contributed by atoms with Crippen molar-refractivity contribution in [3.05, 3.63) is 53.6 Å². The van der Waals surface area contributed by atoms with Crippen LogP contribution in [0.1, 0.15) is 54.4 Å². The molecular weight excluding hydrogens is 605 g/mol. The molecule has 10 heteroatoms. The number of benzene rings is 2. The molecule has 7 nitrogen and oxygen atoms in total. The van der Waals surface area contributed by atoms with Crippen molar-refractivity contribution < 1.29 is 27.5 Å². The second kappa shape index (κ2) is 11.5. The van der Waals surface area contributed by atoms with Gasteiger partial charge in [-0.15, -0.1) is 0 Å². The maximum Gasteiger partial charge on any atom is 0.425 e. The van der Waals surface area contributed by atoms with Gasteiger partial charge in [0.1, 0.15) is 15.3 Å². The molecular formula is C25H31ClINO6S. The van der Waals surface area contributed by atoms with Crippen LogP contribution in [0.5, 0.6) is 0 Å². The minimum atomic E-state index is -4.28. The molecule has 0 fully saturated rings. The largest absolute Gasteiger partial charge is 0.460 e. The van der Waals surface area contributed by atoms with Crippen LogP contribution in [-0.4, -0.2) is 40.0 Å². The van der Waals surface area contributed by atoms with Gasteiger partial charge in [0.05, 0.1) is 4.90 Å². The predicted octanol–water partition coefficient (Wildman–Crippen LogP) is 6.82. The number of ether oxygens (including phenoxy) is 2. The predicted molar refractivity (Wildman–Crippen MR) is 145 cm³/mol. The topological polar surface area (TPSA) is 90.0 Å². The van der Waals surface area contributed by atoms with E-state index in [0.29, 0.717) is 9.33 Å². The average Bonchev–Trinajstić information content (AvgIpc) is 2.70. The molecule has 0 saturated carbocycles. The van der Waals surface area contributed by atoms with E-state index in [4.69, 9.17) is 21.1 Å². The summed E-state index contributed by atoms with van der Waals surface area (Å²) < 4.78 is 37.6. The molecule has 0 radical (unpaired) electrons. The molecule has 1 atom stereocenters. The summed E-state index contributed by atoms with van der Waals surface area (Å²) in [5.74, 6) is -0.479. The summed E-state index contributed by atoms with van der Waals surface area (Å²) >= 11 is 7.78. The number of alkyl halides is 1. The zero-order valence-electron chi connectivity index (χ0n) is 20.7. The van der Waals surface area contributed by atoms with E-state index in [9.17, 15) is 18.0 Å². The first-order chi connectivity index (χ1) is 16.0. The second-order valence-corrected chi connectivity index (χ2v) is 13.6. The SMILES string of the molecule is CC(C)(C)OC(=O)CCC(I)N(C(=O)OC(C)(C)C)S(=O)(=O)c1ccc(-c2ccc(Cl)cc2)cc1. The molecule has 0 bridgehead atoms. The van der Waals surface area contributed by atoms with Crippen LogP contribution in [0.3, 0.4) is 0 Å². The number of halogens is 2. The molecule has 0 N–H and O–H groups in total. The van der Waals surface area contributed by atoms with Gasteiger partial charge in [0, 0.05) is 11.4 Å². The van der Waals surface area contributed by atoms with E-state index < -0.39 is 37.3 Å². The molecule has 1 amide bonds. The fourth-order valence-electron chi connectivity index (χ4n) is 2.99. The maximum absolute atomic E-state index is 13.6. The van der Waals surface area contributed by atoms with Crippen LogP contribution in [0.2, 0.25) is 5.02 Å². The Labute approximate surface area is 226 Å². The summed E-state index contributed by atoms with van der Waals surface area (Å²) in [5, 5.41) is 0.598. The van der Waals surface area contributed by atoms with Gasteiger partial charge in [0.2, 0.25) is 0 Å². The van der Waals surface area contributed by atoms with Crippen molar-refractivity contribution in [2.45, 2.75) is 74.5 Å². The highest BCUT2D eigenvalue weighted by Gasteiger charge is 2.38. The molecule has 0 aliphatic rings. The van der Waals surface area contributed by atoms with Gasteiger partial charge >= 0.3 is 12.1 Å². The fourth-order valence-corrected chi connectivity index (χ4v) is 5.90. The average molecular weight is 636 g/mol. The molecule has 35 heavy (non-hydrogen) atoms. The van der Waals surface area contributed by atoms with Gasteiger partial charge in [0.15, 0.2) is 0 Å². The monoisotopic (exact) mass is 635 g/mol. The van der Waals surface area contributed by atoms with Crippen LogP contribution in [-0.2, 0) is 24.3 Å². The number of rotatable bonds is 7. The normalized spacial score (nSPS) is 13.1. The van der Waals surface area contributed by atoms with Crippen LogP contribution in [0, 0.1) is 0 Å². The summed E-state index contributed by atoms with van der Waals surface area (Å²) in [6.07, 6.45) is -1.01. The maximum atomic E-state index is 13.6. The zero-order chi connectivity index (χ0) is 26.6. The first-order valence-corrected chi connectivity index (χ1v) is 14.1.